The van der Waals surface area contributed by atoms with Gasteiger partial charge in [0.25, 0.3) is 5.91 Å². The topological polar surface area (TPSA) is 94.7 Å². The molecule has 1 amide bonds. The zero-order valence-electron chi connectivity index (χ0n) is 8.66. The number of aromatic nitrogens is 4. The molecule has 0 atom stereocenters. The molecule has 0 radical (unpaired) electrons. The third kappa shape index (κ3) is 1.38. The number of hydrogen-bond donors (Lipinski definition) is 1. The highest BCUT2D eigenvalue weighted by Crippen LogP contribution is 2.27. The molecule has 6 heteroatoms. The summed E-state index contributed by atoms with van der Waals surface area (Å²) in [7, 11) is 0. The first-order valence-electron chi connectivity index (χ1n) is 4.92. The van der Waals surface area contributed by atoms with E-state index in [1.165, 1.54) is 6.33 Å². The molecule has 3 rings (SSSR count). The summed E-state index contributed by atoms with van der Waals surface area (Å²) in [6, 6.07) is 5.39. The molecule has 1 aliphatic carbocycles. The fourth-order valence-electron chi connectivity index (χ4n) is 1.74. The van der Waals surface area contributed by atoms with E-state index < -0.39 is 5.91 Å². The summed E-state index contributed by atoms with van der Waals surface area (Å²) >= 11 is 0. The molecule has 0 saturated carbocycles. The maximum atomic E-state index is 11.2. The number of fused-ring (bicyclic) bond motifs is 3. The van der Waals surface area contributed by atoms with E-state index in [0.29, 0.717) is 16.8 Å². The number of primary amides is 1. The minimum Gasteiger partial charge on any atom is -0.364 e. The van der Waals surface area contributed by atoms with Gasteiger partial charge in [-0.1, -0.05) is 18.2 Å². The van der Waals surface area contributed by atoms with Gasteiger partial charge in [0.1, 0.15) is 17.5 Å². The van der Waals surface area contributed by atoms with Gasteiger partial charge in [-0.25, -0.2) is 9.97 Å². The Morgan fingerprint density at radius 3 is 2.94 bits per heavy atom. The molecule has 2 aliphatic rings. The van der Waals surface area contributed by atoms with Gasteiger partial charge in [-0.05, 0) is 0 Å². The van der Waals surface area contributed by atoms with Crippen LogP contribution in [0.5, 0.6) is 0 Å². The first-order valence-corrected chi connectivity index (χ1v) is 4.92. The van der Waals surface area contributed by atoms with Crippen LogP contribution in [0.2, 0.25) is 0 Å². The number of nitrogens with two attached hydrogens (primary N) is 1. The van der Waals surface area contributed by atoms with Crippen LogP contribution in [-0.4, -0.2) is 26.1 Å². The third-order valence-corrected chi connectivity index (χ3v) is 2.50. The molecular weight excluding hydrogens is 218 g/mol. The quantitative estimate of drug-likeness (QED) is 0.655. The second-order valence-electron chi connectivity index (χ2n) is 3.53. The van der Waals surface area contributed by atoms with Crippen LogP contribution < -0.4 is 5.73 Å². The molecular formula is C11H7N5O. The second kappa shape index (κ2) is 3.44. The molecule has 0 spiro atoms. The van der Waals surface area contributed by atoms with E-state index in [0.717, 1.165) is 5.39 Å². The van der Waals surface area contributed by atoms with E-state index in [-0.39, 0.29) is 5.69 Å². The molecule has 2 heterocycles. The van der Waals surface area contributed by atoms with Gasteiger partial charge < -0.3 is 5.73 Å². The van der Waals surface area contributed by atoms with Crippen molar-refractivity contribution in [3.63, 3.8) is 0 Å². The van der Waals surface area contributed by atoms with Crippen LogP contribution in [0.3, 0.4) is 0 Å². The van der Waals surface area contributed by atoms with Crippen molar-refractivity contribution < 1.29 is 4.79 Å². The maximum Gasteiger partial charge on any atom is 0.269 e. The fraction of sp³-hybridized carbons (Fsp3) is 0. The predicted molar refractivity (Wildman–Crippen MR) is 60.3 cm³/mol. The largest absolute Gasteiger partial charge is 0.364 e. The first-order chi connectivity index (χ1) is 8.27. The molecule has 1 aliphatic heterocycles. The van der Waals surface area contributed by atoms with E-state index in [2.05, 4.69) is 20.2 Å². The van der Waals surface area contributed by atoms with Crippen molar-refractivity contribution >= 4 is 16.8 Å². The summed E-state index contributed by atoms with van der Waals surface area (Å²) in [5.41, 5.74) is 7.21. The number of nitrogens with zero attached hydrogens (tertiary/aromatic N) is 4. The Morgan fingerprint density at radius 1 is 1.24 bits per heavy atom. The summed E-state index contributed by atoms with van der Waals surface area (Å²) in [5, 5.41) is 8.59. The van der Waals surface area contributed by atoms with Crippen LogP contribution in [0.25, 0.3) is 22.2 Å². The highest BCUT2D eigenvalue weighted by atomic mass is 16.1. The summed E-state index contributed by atoms with van der Waals surface area (Å²) in [6.45, 7) is 0. The van der Waals surface area contributed by atoms with Crippen molar-refractivity contribution in [2.45, 2.75) is 0 Å². The lowest BCUT2D eigenvalue weighted by molar-refractivity contribution is 0.0996. The molecule has 82 valence electrons. The van der Waals surface area contributed by atoms with Crippen molar-refractivity contribution in [1.82, 2.24) is 20.2 Å². The van der Waals surface area contributed by atoms with Gasteiger partial charge in [0.2, 0.25) is 0 Å². The van der Waals surface area contributed by atoms with Crippen LogP contribution in [-0.2, 0) is 0 Å². The van der Waals surface area contributed by atoms with Gasteiger partial charge in [0.15, 0.2) is 5.69 Å². The Balaban J connectivity index is 2.43. The molecule has 2 N–H and O–H groups in total. The molecule has 1 aromatic rings. The minimum absolute atomic E-state index is 0.163. The van der Waals surface area contributed by atoms with Gasteiger partial charge in [-0.15, -0.1) is 10.2 Å². The van der Waals surface area contributed by atoms with Crippen LogP contribution in [0.4, 0.5) is 0 Å². The average Bonchev–Trinajstić information content (AvgIpc) is 2.66. The Hall–Kier alpha value is -2.63. The Morgan fingerprint density at radius 2 is 2.12 bits per heavy atom. The highest BCUT2D eigenvalue weighted by Gasteiger charge is 2.19. The zero-order chi connectivity index (χ0) is 11.8. The van der Waals surface area contributed by atoms with E-state index in [9.17, 15) is 4.79 Å². The highest BCUT2D eigenvalue weighted by molar-refractivity contribution is 6.02. The number of rotatable bonds is 1. The lowest BCUT2D eigenvalue weighted by Crippen LogP contribution is -2.12. The number of hydrogen-bond acceptors (Lipinski definition) is 5. The zero-order valence-corrected chi connectivity index (χ0v) is 8.66. The lowest BCUT2D eigenvalue weighted by Gasteiger charge is -1.94. The maximum absolute atomic E-state index is 11.2. The van der Waals surface area contributed by atoms with Gasteiger partial charge in [0, 0.05) is 17.1 Å². The standard InChI is InChI=1S/C11H7N5O/c12-11(17)10-7-3-1-2-6-4-13-5-14-8(6)9(7)15-16-10/h1-5H,(H2,12,17). The van der Waals surface area contributed by atoms with E-state index in [1.807, 2.05) is 6.07 Å². The smallest absolute Gasteiger partial charge is 0.269 e. The average molecular weight is 225 g/mol. The van der Waals surface area contributed by atoms with Crippen LogP contribution >= 0.6 is 0 Å². The summed E-state index contributed by atoms with van der Waals surface area (Å²) < 4.78 is 0. The Bertz CT molecular complexity index is 697. The summed E-state index contributed by atoms with van der Waals surface area (Å²) in [6.07, 6.45) is 3.11. The fourth-order valence-corrected chi connectivity index (χ4v) is 1.74. The second-order valence-corrected chi connectivity index (χ2v) is 3.53. The number of carbonyl (C=O) groups excluding carboxylic acids is 1. The van der Waals surface area contributed by atoms with Crippen molar-refractivity contribution in [2.24, 2.45) is 5.73 Å². The van der Waals surface area contributed by atoms with Crippen LogP contribution in [0, 0.1) is 0 Å². The van der Waals surface area contributed by atoms with Crippen LogP contribution in [0.15, 0.2) is 30.7 Å². The summed E-state index contributed by atoms with van der Waals surface area (Å²) in [4.78, 5) is 19.3. The number of amides is 1. The monoisotopic (exact) mass is 225 g/mol. The van der Waals surface area contributed by atoms with Crippen molar-refractivity contribution in [2.75, 3.05) is 0 Å². The molecule has 0 fully saturated rings. The molecule has 0 saturated heterocycles. The van der Waals surface area contributed by atoms with E-state index >= 15 is 0 Å². The van der Waals surface area contributed by atoms with E-state index in [1.54, 1.807) is 18.3 Å². The van der Waals surface area contributed by atoms with Gasteiger partial charge in [0.05, 0.1) is 0 Å². The SMILES string of the molecule is NC(=O)c1nnc2c3ncncc3cccc1-2. The van der Waals surface area contributed by atoms with Gasteiger partial charge in [-0.3, -0.25) is 4.79 Å². The van der Waals surface area contributed by atoms with Crippen molar-refractivity contribution in [3.05, 3.63) is 36.4 Å². The third-order valence-electron chi connectivity index (χ3n) is 2.50. The predicted octanol–water partition coefficient (Wildman–Crippen LogP) is 0.623. The molecule has 0 bridgehead atoms. The molecule has 1 aromatic heterocycles. The molecule has 6 nitrogen and oxygen atoms in total. The first kappa shape index (κ1) is 9.59. The van der Waals surface area contributed by atoms with Gasteiger partial charge >= 0.3 is 0 Å². The Kier molecular flexibility index (Phi) is 1.94. The Labute approximate surface area is 95.9 Å². The van der Waals surface area contributed by atoms with Gasteiger partial charge in [-0.2, -0.15) is 0 Å². The van der Waals surface area contributed by atoms with E-state index in [4.69, 9.17) is 5.73 Å². The van der Waals surface area contributed by atoms with Crippen LogP contribution in [0.1, 0.15) is 10.5 Å². The molecule has 0 unspecified atom stereocenters. The molecule has 17 heavy (non-hydrogen) atoms. The normalized spacial score (nSPS) is 10.8. The summed E-state index contributed by atoms with van der Waals surface area (Å²) in [5.74, 6) is -0.596. The number of carbonyl (C=O) groups is 1. The lowest BCUT2D eigenvalue weighted by atomic mass is 10.1. The van der Waals surface area contributed by atoms with Crippen molar-refractivity contribution in [1.29, 1.82) is 0 Å². The minimum atomic E-state index is -0.596. The van der Waals surface area contributed by atoms with Crippen molar-refractivity contribution in [3.8, 4) is 11.3 Å². The molecule has 0 aromatic carbocycles.